The Morgan fingerprint density at radius 2 is 2.00 bits per heavy atom. The zero-order valence-corrected chi connectivity index (χ0v) is 9.78. The molecule has 1 aliphatic heterocycles. The molecule has 17 heavy (non-hydrogen) atoms. The first kappa shape index (κ1) is 10.8. The zero-order chi connectivity index (χ0) is 12.0. The van der Waals surface area contributed by atoms with Crippen molar-refractivity contribution in [3.05, 3.63) is 29.5 Å². The fourth-order valence-electron chi connectivity index (χ4n) is 2.06. The lowest BCUT2D eigenvalue weighted by atomic mass is 10.1. The Morgan fingerprint density at radius 1 is 1.24 bits per heavy atom. The number of rotatable bonds is 0. The normalized spacial score (nSPS) is 14.9. The summed E-state index contributed by atoms with van der Waals surface area (Å²) in [6.07, 6.45) is 1.89. The maximum Gasteiger partial charge on any atom is 0.161 e. The molecular formula is C12H10F2N2S. The highest BCUT2D eigenvalue weighted by Crippen LogP contribution is 2.38. The van der Waals surface area contributed by atoms with E-state index in [1.165, 1.54) is 0 Å². The van der Waals surface area contributed by atoms with Gasteiger partial charge in [-0.25, -0.2) is 8.78 Å². The largest absolute Gasteiger partial charge is 0.397 e. The molecule has 88 valence electrons. The number of halogens is 2. The first-order chi connectivity index (χ1) is 8.16. The second-order valence-corrected chi connectivity index (χ2v) is 5.14. The van der Waals surface area contributed by atoms with Crippen LogP contribution in [0.4, 0.5) is 14.5 Å². The monoisotopic (exact) mass is 252 g/mol. The van der Waals surface area contributed by atoms with Gasteiger partial charge in [0.25, 0.3) is 0 Å². The number of anilines is 1. The highest BCUT2D eigenvalue weighted by Gasteiger charge is 2.18. The fraction of sp³-hybridized carbons (Fsp3) is 0.250. The Hall–Kier alpha value is -1.36. The van der Waals surface area contributed by atoms with Crippen LogP contribution in [-0.4, -0.2) is 10.7 Å². The van der Waals surface area contributed by atoms with Gasteiger partial charge in [-0.1, -0.05) is 0 Å². The van der Waals surface area contributed by atoms with E-state index < -0.39 is 11.6 Å². The number of thioether (sulfide) groups is 1. The van der Waals surface area contributed by atoms with Gasteiger partial charge in [0, 0.05) is 11.5 Å². The van der Waals surface area contributed by atoms with Crippen LogP contribution in [0.2, 0.25) is 0 Å². The highest BCUT2D eigenvalue weighted by atomic mass is 32.2. The van der Waals surface area contributed by atoms with Crippen molar-refractivity contribution in [2.45, 2.75) is 17.7 Å². The molecule has 3 rings (SSSR count). The number of pyridine rings is 1. The third-order valence-electron chi connectivity index (χ3n) is 2.90. The molecule has 0 bridgehead atoms. The van der Waals surface area contributed by atoms with Crippen molar-refractivity contribution < 1.29 is 8.78 Å². The van der Waals surface area contributed by atoms with E-state index in [2.05, 4.69) is 4.98 Å². The Morgan fingerprint density at radius 3 is 2.82 bits per heavy atom. The average Bonchev–Trinajstić information content (AvgIpc) is 2.32. The minimum absolute atomic E-state index is 0.433. The van der Waals surface area contributed by atoms with E-state index in [0.29, 0.717) is 16.6 Å². The summed E-state index contributed by atoms with van der Waals surface area (Å²) < 4.78 is 26.3. The van der Waals surface area contributed by atoms with E-state index in [0.717, 1.165) is 41.3 Å². The lowest BCUT2D eigenvalue weighted by Gasteiger charge is -2.17. The topological polar surface area (TPSA) is 38.9 Å². The molecule has 2 nitrogen and oxygen atoms in total. The van der Waals surface area contributed by atoms with Gasteiger partial charge in [0.1, 0.15) is 0 Å². The van der Waals surface area contributed by atoms with Crippen molar-refractivity contribution in [3.63, 3.8) is 0 Å². The predicted octanol–water partition coefficient (Wildman–Crippen LogP) is 3.13. The van der Waals surface area contributed by atoms with Crippen LogP contribution < -0.4 is 5.73 Å². The number of nitrogen functional groups attached to an aromatic ring is 1. The summed E-state index contributed by atoms with van der Waals surface area (Å²) in [7, 11) is 0. The van der Waals surface area contributed by atoms with E-state index in [9.17, 15) is 8.78 Å². The molecule has 0 saturated heterocycles. The first-order valence-electron chi connectivity index (χ1n) is 5.36. The standard InChI is InChI=1S/C12H10F2N2S/c13-7-4-6-10(5-8(7)14)16-9-2-1-3-17-12(9)11(6)15/h4-5H,1-3H2,(H2,15,16). The molecule has 0 saturated carbocycles. The van der Waals surface area contributed by atoms with Gasteiger partial charge in [0.2, 0.25) is 0 Å². The molecular weight excluding hydrogens is 242 g/mol. The van der Waals surface area contributed by atoms with Crippen LogP contribution in [0.5, 0.6) is 0 Å². The Bertz CT molecular complexity index is 613. The second-order valence-electron chi connectivity index (χ2n) is 4.04. The van der Waals surface area contributed by atoms with E-state index in [1.54, 1.807) is 11.8 Å². The lowest BCUT2D eigenvalue weighted by Crippen LogP contribution is -2.06. The maximum absolute atomic E-state index is 13.2. The summed E-state index contributed by atoms with van der Waals surface area (Å²) in [6, 6.07) is 2.24. The van der Waals surface area contributed by atoms with Crippen molar-refractivity contribution in [3.8, 4) is 0 Å². The minimum Gasteiger partial charge on any atom is -0.397 e. The third-order valence-corrected chi connectivity index (χ3v) is 4.13. The summed E-state index contributed by atoms with van der Waals surface area (Å²) in [4.78, 5) is 5.30. The van der Waals surface area contributed by atoms with E-state index in [1.807, 2.05) is 0 Å². The number of aromatic nitrogens is 1. The Balaban J connectivity index is 2.36. The number of nitrogens with zero attached hydrogens (tertiary/aromatic N) is 1. The smallest absolute Gasteiger partial charge is 0.161 e. The van der Waals surface area contributed by atoms with Gasteiger partial charge in [0.05, 0.1) is 21.8 Å². The van der Waals surface area contributed by atoms with Gasteiger partial charge >= 0.3 is 0 Å². The SMILES string of the molecule is Nc1c2c(nc3cc(F)c(F)cc13)CCCS2. The molecule has 5 heteroatoms. The van der Waals surface area contributed by atoms with Crippen LogP contribution >= 0.6 is 11.8 Å². The molecule has 2 aromatic rings. The number of fused-ring (bicyclic) bond motifs is 2. The Kier molecular flexibility index (Phi) is 2.43. The van der Waals surface area contributed by atoms with Gasteiger partial charge in [-0.05, 0) is 24.7 Å². The Labute approximate surface area is 101 Å². The van der Waals surface area contributed by atoms with Crippen LogP contribution in [0.3, 0.4) is 0 Å². The average molecular weight is 252 g/mol. The molecule has 1 aromatic carbocycles. The van der Waals surface area contributed by atoms with Crippen molar-refractivity contribution in [2.75, 3.05) is 11.5 Å². The number of aryl methyl sites for hydroxylation is 1. The van der Waals surface area contributed by atoms with Crippen LogP contribution in [0, 0.1) is 11.6 Å². The van der Waals surface area contributed by atoms with Crippen molar-refractivity contribution in [2.24, 2.45) is 0 Å². The van der Waals surface area contributed by atoms with Gasteiger partial charge in [-0.3, -0.25) is 4.98 Å². The molecule has 0 spiro atoms. The quantitative estimate of drug-likeness (QED) is 0.783. The molecule has 0 unspecified atom stereocenters. The second kappa shape index (κ2) is 3.84. The van der Waals surface area contributed by atoms with Crippen LogP contribution in [-0.2, 0) is 6.42 Å². The van der Waals surface area contributed by atoms with Gasteiger partial charge in [-0.2, -0.15) is 0 Å². The zero-order valence-electron chi connectivity index (χ0n) is 8.96. The lowest BCUT2D eigenvalue weighted by molar-refractivity contribution is 0.510. The molecule has 0 atom stereocenters. The summed E-state index contributed by atoms with van der Waals surface area (Å²) in [5, 5.41) is 0.497. The van der Waals surface area contributed by atoms with E-state index >= 15 is 0 Å². The number of hydrogen-bond donors (Lipinski definition) is 1. The molecule has 0 fully saturated rings. The molecule has 2 heterocycles. The summed E-state index contributed by atoms with van der Waals surface area (Å²) >= 11 is 1.64. The third kappa shape index (κ3) is 1.65. The molecule has 0 radical (unpaired) electrons. The van der Waals surface area contributed by atoms with Crippen LogP contribution in [0.1, 0.15) is 12.1 Å². The number of benzene rings is 1. The van der Waals surface area contributed by atoms with E-state index in [-0.39, 0.29) is 0 Å². The highest BCUT2D eigenvalue weighted by molar-refractivity contribution is 7.99. The van der Waals surface area contributed by atoms with Crippen LogP contribution in [0.15, 0.2) is 17.0 Å². The maximum atomic E-state index is 13.2. The van der Waals surface area contributed by atoms with E-state index in [4.69, 9.17) is 5.73 Å². The summed E-state index contributed by atoms with van der Waals surface area (Å²) in [5.74, 6) is -0.770. The van der Waals surface area contributed by atoms with Crippen molar-refractivity contribution in [1.82, 2.24) is 4.98 Å². The minimum atomic E-state index is -0.883. The molecule has 0 amide bonds. The summed E-state index contributed by atoms with van der Waals surface area (Å²) in [6.45, 7) is 0. The molecule has 2 N–H and O–H groups in total. The van der Waals surface area contributed by atoms with Crippen LogP contribution in [0.25, 0.3) is 10.9 Å². The number of hydrogen-bond acceptors (Lipinski definition) is 3. The molecule has 1 aromatic heterocycles. The fourth-order valence-corrected chi connectivity index (χ4v) is 3.14. The van der Waals surface area contributed by atoms with Gasteiger partial charge < -0.3 is 5.73 Å². The first-order valence-corrected chi connectivity index (χ1v) is 6.35. The molecule has 0 aliphatic carbocycles. The van der Waals surface area contributed by atoms with Crippen molar-refractivity contribution >= 4 is 28.4 Å². The van der Waals surface area contributed by atoms with Gasteiger partial charge in [-0.15, -0.1) is 11.8 Å². The summed E-state index contributed by atoms with van der Waals surface area (Å²) in [5.41, 5.74) is 7.86. The van der Waals surface area contributed by atoms with Gasteiger partial charge in [0.15, 0.2) is 11.6 Å². The molecule has 1 aliphatic rings. The number of nitrogens with two attached hydrogens (primary N) is 1. The predicted molar refractivity (Wildman–Crippen MR) is 65.1 cm³/mol. The van der Waals surface area contributed by atoms with Crippen molar-refractivity contribution in [1.29, 1.82) is 0 Å².